The number of carbonyl (C=O) groups is 1. The Morgan fingerprint density at radius 1 is 1.12 bits per heavy atom. The summed E-state index contributed by atoms with van der Waals surface area (Å²) in [4.78, 5) is 34.5. The van der Waals surface area contributed by atoms with Gasteiger partial charge in [0.2, 0.25) is 0 Å². The quantitative estimate of drug-likeness (QED) is 0.573. The molecule has 8 nitrogen and oxygen atoms in total. The van der Waals surface area contributed by atoms with Gasteiger partial charge in [-0.2, -0.15) is 0 Å². The molecule has 0 saturated heterocycles. The van der Waals surface area contributed by atoms with Gasteiger partial charge < -0.3 is 5.32 Å². The first-order valence-electron chi connectivity index (χ1n) is 7.20. The predicted molar refractivity (Wildman–Crippen MR) is 94.2 cm³/mol. The number of nitro benzene ring substituents is 1. The van der Waals surface area contributed by atoms with Gasteiger partial charge in [-0.3, -0.25) is 24.0 Å². The molecule has 128 valence electrons. The van der Waals surface area contributed by atoms with Crippen molar-refractivity contribution in [2.45, 2.75) is 0 Å². The van der Waals surface area contributed by atoms with Gasteiger partial charge in [-0.25, -0.2) is 4.79 Å². The molecule has 0 radical (unpaired) electrons. The zero-order valence-electron chi connectivity index (χ0n) is 13.3. The zero-order valence-corrected chi connectivity index (χ0v) is 14.1. The number of benzene rings is 2. The SMILES string of the molecule is Cn1c(=O)n(C)c2cc(NC(=O)c3ccc([N+](=O)[O-])cc3Cl)ccc21. The summed E-state index contributed by atoms with van der Waals surface area (Å²) in [6, 6.07) is 8.70. The Kier molecular flexibility index (Phi) is 4.05. The van der Waals surface area contributed by atoms with E-state index in [1.165, 1.54) is 21.3 Å². The fourth-order valence-corrected chi connectivity index (χ4v) is 2.85. The van der Waals surface area contributed by atoms with E-state index >= 15 is 0 Å². The number of nitro groups is 1. The van der Waals surface area contributed by atoms with Gasteiger partial charge in [-0.15, -0.1) is 0 Å². The van der Waals surface area contributed by atoms with Crippen LogP contribution < -0.4 is 11.0 Å². The van der Waals surface area contributed by atoms with Crippen LogP contribution in [0.4, 0.5) is 11.4 Å². The third kappa shape index (κ3) is 2.87. The first-order valence-corrected chi connectivity index (χ1v) is 7.58. The maximum absolute atomic E-state index is 12.4. The summed E-state index contributed by atoms with van der Waals surface area (Å²) < 4.78 is 2.98. The van der Waals surface area contributed by atoms with Crippen LogP contribution in [-0.4, -0.2) is 20.0 Å². The largest absolute Gasteiger partial charge is 0.328 e. The van der Waals surface area contributed by atoms with Crippen LogP contribution in [0.3, 0.4) is 0 Å². The molecule has 25 heavy (non-hydrogen) atoms. The Balaban J connectivity index is 1.93. The number of carbonyl (C=O) groups excluding carboxylic acids is 1. The number of nitrogens with one attached hydrogen (secondary N) is 1. The maximum Gasteiger partial charge on any atom is 0.328 e. The molecule has 3 aromatic rings. The Bertz CT molecular complexity index is 1080. The highest BCUT2D eigenvalue weighted by atomic mass is 35.5. The molecule has 2 aromatic carbocycles. The number of halogens is 1. The number of hydrogen-bond donors (Lipinski definition) is 1. The summed E-state index contributed by atoms with van der Waals surface area (Å²) in [6.45, 7) is 0. The molecular formula is C16H13ClN4O4. The van der Waals surface area contributed by atoms with E-state index in [4.69, 9.17) is 11.6 Å². The third-order valence-corrected chi connectivity index (χ3v) is 4.25. The summed E-state index contributed by atoms with van der Waals surface area (Å²) in [5.41, 5.74) is 1.64. The van der Waals surface area contributed by atoms with E-state index in [2.05, 4.69) is 5.32 Å². The van der Waals surface area contributed by atoms with Crippen molar-refractivity contribution in [3.63, 3.8) is 0 Å². The lowest BCUT2D eigenvalue weighted by Crippen LogP contribution is -2.19. The van der Waals surface area contributed by atoms with Gasteiger partial charge in [-0.1, -0.05) is 11.6 Å². The highest BCUT2D eigenvalue weighted by molar-refractivity contribution is 6.34. The van der Waals surface area contributed by atoms with Gasteiger partial charge in [0.1, 0.15) is 0 Å². The van der Waals surface area contributed by atoms with E-state index in [0.29, 0.717) is 11.2 Å². The second-order valence-corrected chi connectivity index (χ2v) is 5.89. The first kappa shape index (κ1) is 16.7. The van der Waals surface area contributed by atoms with E-state index in [-0.39, 0.29) is 22.0 Å². The minimum Gasteiger partial charge on any atom is -0.322 e. The Hall–Kier alpha value is -3.13. The molecule has 1 N–H and O–H groups in total. The number of imidazole rings is 1. The smallest absolute Gasteiger partial charge is 0.322 e. The van der Waals surface area contributed by atoms with Gasteiger partial charge in [-0.05, 0) is 24.3 Å². The lowest BCUT2D eigenvalue weighted by atomic mass is 10.2. The summed E-state index contributed by atoms with van der Waals surface area (Å²) >= 11 is 5.96. The average molecular weight is 361 g/mol. The maximum atomic E-state index is 12.4. The van der Waals surface area contributed by atoms with Gasteiger partial charge in [0.05, 0.1) is 26.5 Å². The van der Waals surface area contributed by atoms with E-state index in [1.54, 1.807) is 32.3 Å². The molecule has 3 rings (SSSR count). The normalized spacial score (nSPS) is 10.8. The van der Waals surface area contributed by atoms with Crippen molar-refractivity contribution in [2.75, 3.05) is 5.32 Å². The van der Waals surface area contributed by atoms with Crippen LogP contribution in [0, 0.1) is 10.1 Å². The number of fused-ring (bicyclic) bond motifs is 1. The van der Waals surface area contributed by atoms with Crippen LogP contribution in [0.25, 0.3) is 11.0 Å². The van der Waals surface area contributed by atoms with Crippen LogP contribution in [0.1, 0.15) is 10.4 Å². The molecule has 0 aliphatic rings. The van der Waals surface area contributed by atoms with Crippen molar-refractivity contribution in [3.8, 4) is 0 Å². The zero-order chi connectivity index (χ0) is 18.3. The van der Waals surface area contributed by atoms with Crippen LogP contribution >= 0.6 is 11.6 Å². The minimum absolute atomic E-state index is 0.0140. The molecule has 1 amide bonds. The number of hydrogen-bond acceptors (Lipinski definition) is 4. The standard InChI is InChI=1S/C16H13ClN4O4/c1-19-13-6-3-9(7-14(13)20(2)16(19)23)18-15(22)11-5-4-10(21(24)25)8-12(11)17/h3-8H,1-2H3,(H,18,22). The molecule has 0 bridgehead atoms. The van der Waals surface area contributed by atoms with Crippen LogP contribution in [-0.2, 0) is 14.1 Å². The second kappa shape index (κ2) is 6.06. The van der Waals surface area contributed by atoms with Crippen molar-refractivity contribution < 1.29 is 9.72 Å². The van der Waals surface area contributed by atoms with Crippen molar-refractivity contribution in [1.82, 2.24) is 9.13 Å². The number of aryl methyl sites for hydroxylation is 2. The first-order chi connectivity index (χ1) is 11.8. The van der Waals surface area contributed by atoms with Crippen LogP contribution in [0.2, 0.25) is 5.02 Å². The predicted octanol–water partition coefficient (Wildman–Crippen LogP) is 2.69. The molecule has 0 unspecified atom stereocenters. The topological polar surface area (TPSA) is 99.2 Å². The van der Waals surface area contributed by atoms with Crippen molar-refractivity contribution >= 4 is 39.9 Å². The fraction of sp³-hybridized carbons (Fsp3) is 0.125. The highest BCUT2D eigenvalue weighted by Gasteiger charge is 2.16. The highest BCUT2D eigenvalue weighted by Crippen LogP contribution is 2.24. The molecular weight excluding hydrogens is 348 g/mol. The number of aromatic nitrogens is 2. The van der Waals surface area contributed by atoms with E-state index < -0.39 is 10.8 Å². The van der Waals surface area contributed by atoms with E-state index in [1.807, 2.05) is 0 Å². The summed E-state index contributed by atoms with van der Waals surface area (Å²) in [5.74, 6) is -0.500. The number of amides is 1. The van der Waals surface area contributed by atoms with Crippen molar-refractivity contribution in [1.29, 1.82) is 0 Å². The Morgan fingerprint density at radius 3 is 2.44 bits per heavy atom. The third-order valence-electron chi connectivity index (χ3n) is 3.94. The molecule has 0 spiro atoms. The van der Waals surface area contributed by atoms with Crippen LogP contribution in [0.15, 0.2) is 41.2 Å². The van der Waals surface area contributed by atoms with Crippen molar-refractivity contribution in [3.05, 3.63) is 67.6 Å². The van der Waals surface area contributed by atoms with E-state index in [0.717, 1.165) is 11.6 Å². The Morgan fingerprint density at radius 2 is 1.80 bits per heavy atom. The molecule has 0 aliphatic heterocycles. The molecule has 0 saturated carbocycles. The van der Waals surface area contributed by atoms with Crippen LogP contribution in [0.5, 0.6) is 0 Å². The van der Waals surface area contributed by atoms with Gasteiger partial charge in [0.15, 0.2) is 0 Å². The lowest BCUT2D eigenvalue weighted by Gasteiger charge is -2.07. The van der Waals surface area contributed by atoms with Gasteiger partial charge in [0.25, 0.3) is 11.6 Å². The minimum atomic E-state index is -0.586. The average Bonchev–Trinajstić information content (AvgIpc) is 2.79. The molecule has 0 aliphatic carbocycles. The summed E-state index contributed by atoms with van der Waals surface area (Å²) in [6.07, 6.45) is 0. The van der Waals surface area contributed by atoms with Gasteiger partial charge >= 0.3 is 5.69 Å². The Labute approximate surface area is 146 Å². The number of nitrogens with zero attached hydrogens (tertiary/aromatic N) is 3. The number of anilines is 1. The monoisotopic (exact) mass is 360 g/mol. The second-order valence-electron chi connectivity index (χ2n) is 5.48. The van der Waals surface area contributed by atoms with Gasteiger partial charge in [0, 0.05) is 31.9 Å². The molecule has 1 aromatic heterocycles. The fourth-order valence-electron chi connectivity index (χ4n) is 2.58. The van der Waals surface area contributed by atoms with E-state index in [9.17, 15) is 19.7 Å². The molecule has 0 fully saturated rings. The molecule has 9 heteroatoms. The van der Waals surface area contributed by atoms with Crippen molar-refractivity contribution in [2.24, 2.45) is 14.1 Å². The number of non-ortho nitro benzene ring substituents is 1. The number of rotatable bonds is 3. The molecule has 0 atom stereocenters. The summed E-state index contributed by atoms with van der Waals surface area (Å²) in [7, 11) is 3.31. The lowest BCUT2D eigenvalue weighted by molar-refractivity contribution is -0.384. The summed E-state index contributed by atoms with van der Waals surface area (Å²) in [5, 5.41) is 13.4. The molecule has 1 heterocycles.